The summed E-state index contributed by atoms with van der Waals surface area (Å²) in [5.41, 5.74) is 1.63. The number of amides is 1. The molecule has 0 radical (unpaired) electrons. The maximum atomic E-state index is 11.9. The minimum Gasteiger partial charge on any atom is -0.345 e. The van der Waals surface area contributed by atoms with Crippen molar-refractivity contribution >= 4 is 17.4 Å². The van der Waals surface area contributed by atoms with Crippen LogP contribution in [0, 0.1) is 6.92 Å². The second kappa shape index (κ2) is 5.01. The molecule has 1 atom stereocenters. The SMILES string of the molecule is Cc1nnsc1C(=O)NC(C)c1cccnc1. The molecule has 88 valence electrons. The fourth-order valence-corrected chi connectivity index (χ4v) is 1.98. The van der Waals surface area contributed by atoms with Gasteiger partial charge in [0, 0.05) is 12.4 Å². The van der Waals surface area contributed by atoms with E-state index in [9.17, 15) is 4.79 Å². The normalized spacial score (nSPS) is 12.1. The summed E-state index contributed by atoms with van der Waals surface area (Å²) >= 11 is 1.11. The number of aromatic nitrogens is 3. The average molecular weight is 248 g/mol. The lowest BCUT2D eigenvalue weighted by atomic mass is 10.1. The molecule has 0 spiro atoms. The van der Waals surface area contributed by atoms with Gasteiger partial charge in [-0.05, 0) is 37.0 Å². The molecule has 2 aromatic heterocycles. The number of nitrogens with zero attached hydrogens (tertiary/aromatic N) is 3. The maximum Gasteiger partial charge on any atom is 0.265 e. The van der Waals surface area contributed by atoms with Crippen LogP contribution in [-0.2, 0) is 0 Å². The van der Waals surface area contributed by atoms with Crippen LogP contribution in [0.15, 0.2) is 24.5 Å². The Balaban J connectivity index is 2.08. The van der Waals surface area contributed by atoms with Crippen molar-refractivity contribution < 1.29 is 4.79 Å². The minimum absolute atomic E-state index is 0.0855. The van der Waals surface area contributed by atoms with Crippen LogP contribution in [0.4, 0.5) is 0 Å². The van der Waals surface area contributed by atoms with Gasteiger partial charge in [0.25, 0.3) is 5.91 Å². The van der Waals surface area contributed by atoms with Gasteiger partial charge in [-0.1, -0.05) is 10.6 Å². The molecular formula is C11H12N4OS. The van der Waals surface area contributed by atoms with Gasteiger partial charge in [0.05, 0.1) is 11.7 Å². The first kappa shape index (κ1) is 11.7. The molecule has 0 aliphatic carbocycles. The number of hydrogen-bond donors (Lipinski definition) is 1. The predicted molar refractivity (Wildman–Crippen MR) is 64.8 cm³/mol. The Morgan fingerprint density at radius 1 is 1.53 bits per heavy atom. The number of rotatable bonds is 3. The van der Waals surface area contributed by atoms with E-state index in [1.165, 1.54) is 0 Å². The van der Waals surface area contributed by atoms with Crippen molar-refractivity contribution in [2.24, 2.45) is 0 Å². The molecule has 0 saturated carbocycles. The number of pyridine rings is 1. The molecule has 2 rings (SSSR count). The zero-order chi connectivity index (χ0) is 12.3. The Morgan fingerprint density at radius 2 is 2.35 bits per heavy atom. The first-order valence-corrected chi connectivity index (χ1v) is 5.95. The van der Waals surface area contributed by atoms with Crippen LogP contribution < -0.4 is 5.32 Å². The van der Waals surface area contributed by atoms with Gasteiger partial charge >= 0.3 is 0 Å². The molecule has 2 aromatic rings. The van der Waals surface area contributed by atoms with Crippen molar-refractivity contribution in [2.75, 3.05) is 0 Å². The van der Waals surface area contributed by atoms with Crippen molar-refractivity contribution in [1.82, 2.24) is 19.9 Å². The number of hydrogen-bond acceptors (Lipinski definition) is 5. The number of carbonyl (C=O) groups excluding carboxylic acids is 1. The summed E-state index contributed by atoms with van der Waals surface area (Å²) in [6.45, 7) is 3.69. The molecule has 1 N–H and O–H groups in total. The highest BCUT2D eigenvalue weighted by Gasteiger charge is 2.16. The Morgan fingerprint density at radius 3 is 2.94 bits per heavy atom. The lowest BCUT2D eigenvalue weighted by molar-refractivity contribution is 0.0943. The number of nitrogens with one attached hydrogen (secondary N) is 1. The zero-order valence-electron chi connectivity index (χ0n) is 9.54. The van der Waals surface area contributed by atoms with Crippen LogP contribution in [-0.4, -0.2) is 20.5 Å². The van der Waals surface area contributed by atoms with E-state index in [0.29, 0.717) is 10.6 Å². The van der Waals surface area contributed by atoms with Gasteiger partial charge in [-0.2, -0.15) is 0 Å². The smallest absolute Gasteiger partial charge is 0.265 e. The first-order chi connectivity index (χ1) is 8.18. The molecule has 17 heavy (non-hydrogen) atoms. The van der Waals surface area contributed by atoms with E-state index >= 15 is 0 Å². The summed E-state index contributed by atoms with van der Waals surface area (Å²) in [7, 11) is 0. The van der Waals surface area contributed by atoms with E-state index in [4.69, 9.17) is 0 Å². The largest absolute Gasteiger partial charge is 0.345 e. The number of aryl methyl sites for hydroxylation is 1. The first-order valence-electron chi connectivity index (χ1n) is 5.18. The highest BCUT2D eigenvalue weighted by atomic mass is 32.1. The van der Waals surface area contributed by atoms with Crippen LogP contribution in [0.1, 0.15) is 33.9 Å². The van der Waals surface area contributed by atoms with Gasteiger partial charge in [0.15, 0.2) is 0 Å². The lowest BCUT2D eigenvalue weighted by Gasteiger charge is -2.12. The monoisotopic (exact) mass is 248 g/mol. The van der Waals surface area contributed by atoms with Crippen LogP contribution in [0.3, 0.4) is 0 Å². The van der Waals surface area contributed by atoms with E-state index in [0.717, 1.165) is 17.1 Å². The third-order valence-corrected chi connectivity index (χ3v) is 3.22. The van der Waals surface area contributed by atoms with E-state index in [2.05, 4.69) is 19.9 Å². The molecule has 0 fully saturated rings. The Bertz CT molecular complexity index is 511. The van der Waals surface area contributed by atoms with E-state index < -0.39 is 0 Å². The number of carbonyl (C=O) groups is 1. The van der Waals surface area contributed by atoms with Gasteiger partial charge < -0.3 is 5.32 Å². The van der Waals surface area contributed by atoms with Crippen molar-refractivity contribution in [3.63, 3.8) is 0 Å². The quantitative estimate of drug-likeness (QED) is 0.898. The summed E-state index contributed by atoms with van der Waals surface area (Å²) in [4.78, 5) is 16.5. The van der Waals surface area contributed by atoms with E-state index in [1.54, 1.807) is 19.3 Å². The summed E-state index contributed by atoms with van der Waals surface area (Å²) in [5.74, 6) is -0.145. The van der Waals surface area contributed by atoms with Crippen LogP contribution in [0.5, 0.6) is 0 Å². The van der Waals surface area contributed by atoms with Gasteiger partial charge in [0.2, 0.25) is 0 Å². The third-order valence-electron chi connectivity index (χ3n) is 2.39. The van der Waals surface area contributed by atoms with Crippen LogP contribution in [0.2, 0.25) is 0 Å². The molecular weight excluding hydrogens is 236 g/mol. The summed E-state index contributed by atoms with van der Waals surface area (Å²) in [6.07, 6.45) is 3.44. The molecule has 0 bridgehead atoms. The Hall–Kier alpha value is -1.82. The zero-order valence-corrected chi connectivity index (χ0v) is 10.4. The van der Waals surface area contributed by atoms with Crippen molar-refractivity contribution in [3.8, 4) is 0 Å². The Labute approximate surface area is 103 Å². The average Bonchev–Trinajstić information content (AvgIpc) is 2.76. The molecule has 6 heteroatoms. The highest BCUT2D eigenvalue weighted by Crippen LogP contribution is 2.14. The third kappa shape index (κ3) is 2.65. The summed E-state index contributed by atoms with van der Waals surface area (Å²) < 4.78 is 3.74. The van der Waals surface area contributed by atoms with Gasteiger partial charge in [-0.15, -0.1) is 5.10 Å². The standard InChI is InChI=1S/C11H12N4OS/c1-7(9-4-3-5-12-6-9)13-11(16)10-8(2)14-15-17-10/h3-7H,1-2H3,(H,13,16). The molecule has 1 unspecified atom stereocenters. The van der Waals surface area contributed by atoms with Gasteiger partial charge in [-0.3, -0.25) is 9.78 Å². The molecule has 0 aromatic carbocycles. The lowest BCUT2D eigenvalue weighted by Crippen LogP contribution is -2.26. The predicted octanol–water partition coefficient (Wildman–Crippen LogP) is 1.73. The van der Waals surface area contributed by atoms with Gasteiger partial charge in [0.1, 0.15) is 4.88 Å². The second-order valence-corrected chi connectivity index (χ2v) is 4.42. The fourth-order valence-electron chi connectivity index (χ4n) is 1.42. The van der Waals surface area contributed by atoms with Crippen LogP contribution >= 0.6 is 11.5 Å². The Kier molecular flexibility index (Phi) is 3.43. The van der Waals surface area contributed by atoms with Crippen molar-refractivity contribution in [2.45, 2.75) is 19.9 Å². The highest BCUT2D eigenvalue weighted by molar-refractivity contribution is 7.07. The van der Waals surface area contributed by atoms with E-state index in [-0.39, 0.29) is 11.9 Å². The molecule has 2 heterocycles. The molecule has 5 nitrogen and oxygen atoms in total. The van der Waals surface area contributed by atoms with Crippen molar-refractivity contribution in [3.05, 3.63) is 40.7 Å². The minimum atomic E-state index is -0.145. The summed E-state index contributed by atoms with van der Waals surface area (Å²) in [5, 5.41) is 6.70. The molecule has 0 saturated heterocycles. The maximum absolute atomic E-state index is 11.9. The fraction of sp³-hybridized carbons (Fsp3) is 0.273. The van der Waals surface area contributed by atoms with Gasteiger partial charge in [-0.25, -0.2) is 0 Å². The molecule has 0 aliphatic rings. The topological polar surface area (TPSA) is 67.8 Å². The molecule has 1 amide bonds. The van der Waals surface area contributed by atoms with Crippen molar-refractivity contribution in [1.29, 1.82) is 0 Å². The molecule has 0 aliphatic heterocycles. The summed E-state index contributed by atoms with van der Waals surface area (Å²) in [6, 6.07) is 3.69. The van der Waals surface area contributed by atoms with E-state index in [1.807, 2.05) is 19.1 Å². The second-order valence-electron chi connectivity index (χ2n) is 3.67. The van der Waals surface area contributed by atoms with Crippen LogP contribution in [0.25, 0.3) is 0 Å².